The third-order valence-corrected chi connectivity index (χ3v) is 7.33. The van der Waals surface area contributed by atoms with Gasteiger partial charge in [-0.05, 0) is 70.4 Å². The van der Waals surface area contributed by atoms with Gasteiger partial charge in [0.1, 0.15) is 17.7 Å². The molecule has 218 valence electrons. The molecule has 2 rings (SSSR count). The van der Waals surface area contributed by atoms with Crippen LogP contribution in [0.1, 0.15) is 72.4 Å². The van der Waals surface area contributed by atoms with Crippen molar-refractivity contribution in [3.63, 3.8) is 0 Å². The average Bonchev–Trinajstić information content (AvgIpc) is 2.88. The van der Waals surface area contributed by atoms with Gasteiger partial charge in [0, 0.05) is 19.0 Å². The number of hydrogen-bond acceptors (Lipinski definition) is 6. The Hall–Kier alpha value is -2.75. The van der Waals surface area contributed by atoms with E-state index in [1.165, 1.54) is 0 Å². The molecule has 3 atom stereocenters. The molecule has 4 amide bonds. The average molecular weight is 563 g/mol. The van der Waals surface area contributed by atoms with Crippen LogP contribution >= 0.6 is 11.8 Å². The van der Waals surface area contributed by atoms with E-state index in [1.807, 2.05) is 57.4 Å². The summed E-state index contributed by atoms with van der Waals surface area (Å²) >= 11 is 1.60. The number of benzene rings is 1. The molecule has 0 aromatic heterocycles. The topological polar surface area (TPSA) is 117 Å². The lowest BCUT2D eigenvalue weighted by Gasteiger charge is -2.35. The van der Waals surface area contributed by atoms with Gasteiger partial charge in [-0.1, -0.05) is 44.2 Å². The molecule has 1 aliphatic rings. The molecule has 1 fully saturated rings. The van der Waals surface area contributed by atoms with Crippen LogP contribution in [0.15, 0.2) is 30.3 Å². The minimum atomic E-state index is -0.682. The molecule has 10 heteroatoms. The van der Waals surface area contributed by atoms with E-state index in [2.05, 4.69) is 16.0 Å². The minimum absolute atomic E-state index is 0.0882. The summed E-state index contributed by atoms with van der Waals surface area (Å²) in [5, 5.41) is 8.70. The molecule has 9 nitrogen and oxygen atoms in total. The zero-order chi connectivity index (χ0) is 29.2. The molecular weight excluding hydrogens is 516 g/mol. The molecule has 1 aromatic rings. The number of likely N-dealkylation sites (tertiary alicyclic amines) is 1. The first-order valence-electron chi connectivity index (χ1n) is 13.7. The molecule has 0 radical (unpaired) electrons. The van der Waals surface area contributed by atoms with Crippen LogP contribution in [-0.2, 0) is 19.1 Å². The maximum absolute atomic E-state index is 13.3. The highest BCUT2D eigenvalue weighted by Crippen LogP contribution is 2.20. The Morgan fingerprint density at radius 2 is 1.62 bits per heavy atom. The summed E-state index contributed by atoms with van der Waals surface area (Å²) in [6, 6.07) is 8.17. The number of piperidine rings is 1. The van der Waals surface area contributed by atoms with E-state index in [9.17, 15) is 19.2 Å². The van der Waals surface area contributed by atoms with Gasteiger partial charge in [-0.25, -0.2) is 4.79 Å². The van der Waals surface area contributed by atoms with Crippen molar-refractivity contribution in [1.29, 1.82) is 0 Å². The standard InChI is InChI=1S/C29H46N4O5S/c1-19(2)24(26(35)30-20(3)21-11-9-8-10-12-21)32-25(34)22-13-16-33(17-14-22)27(36)23(15-18-39-7)31-28(37)38-29(4,5)6/h8-12,19-20,22-24H,13-18H2,1-7H3,(H,30,35)(H,31,37)(H,32,34)/t20-,23+,24+/m1/s1. The maximum atomic E-state index is 13.3. The Labute approximate surface area is 237 Å². The summed E-state index contributed by atoms with van der Waals surface area (Å²) in [5.74, 6) is -0.218. The first-order chi connectivity index (χ1) is 18.3. The fourth-order valence-corrected chi connectivity index (χ4v) is 4.93. The van der Waals surface area contributed by atoms with Gasteiger partial charge in [-0.15, -0.1) is 0 Å². The summed E-state index contributed by atoms with van der Waals surface area (Å²) < 4.78 is 5.35. The highest BCUT2D eigenvalue weighted by atomic mass is 32.2. The third-order valence-electron chi connectivity index (χ3n) is 6.68. The fraction of sp³-hybridized carbons (Fsp3) is 0.655. The van der Waals surface area contributed by atoms with Gasteiger partial charge in [-0.3, -0.25) is 14.4 Å². The molecule has 0 saturated carbocycles. The maximum Gasteiger partial charge on any atom is 0.408 e. The smallest absolute Gasteiger partial charge is 0.408 e. The molecule has 0 spiro atoms. The summed E-state index contributed by atoms with van der Waals surface area (Å²) in [6.45, 7) is 11.9. The number of nitrogens with one attached hydrogen (secondary N) is 3. The third kappa shape index (κ3) is 10.7. The molecule has 0 aliphatic carbocycles. The molecule has 1 saturated heterocycles. The van der Waals surface area contributed by atoms with Crippen molar-refractivity contribution < 1.29 is 23.9 Å². The monoisotopic (exact) mass is 562 g/mol. The van der Waals surface area contributed by atoms with E-state index < -0.39 is 23.8 Å². The van der Waals surface area contributed by atoms with Crippen LogP contribution in [0, 0.1) is 11.8 Å². The van der Waals surface area contributed by atoms with Crippen LogP contribution in [0.3, 0.4) is 0 Å². The SMILES string of the molecule is CSCC[C@H](NC(=O)OC(C)(C)C)C(=O)N1CCC(C(=O)N[C@H](C(=O)N[C@H](C)c2ccccc2)C(C)C)CC1. The van der Waals surface area contributed by atoms with E-state index >= 15 is 0 Å². The van der Waals surface area contributed by atoms with Gasteiger partial charge >= 0.3 is 6.09 Å². The van der Waals surface area contributed by atoms with Gasteiger partial charge in [0.2, 0.25) is 17.7 Å². The lowest BCUT2D eigenvalue weighted by atomic mass is 9.93. The predicted molar refractivity (Wildman–Crippen MR) is 155 cm³/mol. The van der Waals surface area contributed by atoms with E-state index in [-0.39, 0.29) is 35.6 Å². The number of thioether (sulfide) groups is 1. The number of amides is 4. The molecule has 0 unspecified atom stereocenters. The van der Waals surface area contributed by atoms with Gasteiger partial charge in [-0.2, -0.15) is 11.8 Å². The van der Waals surface area contributed by atoms with Crippen LogP contribution in [0.4, 0.5) is 4.79 Å². The molecule has 1 aliphatic heterocycles. The second-order valence-electron chi connectivity index (χ2n) is 11.5. The van der Waals surface area contributed by atoms with Crippen LogP contribution in [0.5, 0.6) is 0 Å². The number of ether oxygens (including phenoxy) is 1. The van der Waals surface area contributed by atoms with Gasteiger partial charge in [0.05, 0.1) is 6.04 Å². The van der Waals surface area contributed by atoms with Crippen LogP contribution in [-0.4, -0.2) is 71.5 Å². The summed E-state index contributed by atoms with van der Waals surface area (Å²) in [5.41, 5.74) is 0.335. The molecule has 3 N–H and O–H groups in total. The van der Waals surface area contributed by atoms with E-state index in [0.29, 0.717) is 38.1 Å². The van der Waals surface area contributed by atoms with Crippen molar-refractivity contribution in [2.45, 2.75) is 84.5 Å². The lowest BCUT2D eigenvalue weighted by Crippen LogP contribution is -2.54. The van der Waals surface area contributed by atoms with Crippen molar-refractivity contribution in [2.75, 3.05) is 25.1 Å². The molecule has 1 aromatic carbocycles. The highest BCUT2D eigenvalue weighted by molar-refractivity contribution is 7.98. The molecule has 0 bridgehead atoms. The first kappa shape index (κ1) is 32.5. The lowest BCUT2D eigenvalue weighted by molar-refractivity contribution is -0.138. The summed E-state index contributed by atoms with van der Waals surface area (Å²) in [4.78, 5) is 53.5. The van der Waals surface area contributed by atoms with Crippen molar-refractivity contribution in [3.8, 4) is 0 Å². The number of nitrogens with zero attached hydrogens (tertiary/aromatic N) is 1. The van der Waals surface area contributed by atoms with Crippen LogP contribution in [0.2, 0.25) is 0 Å². The van der Waals surface area contributed by atoms with Crippen molar-refractivity contribution >= 4 is 35.6 Å². The first-order valence-corrected chi connectivity index (χ1v) is 15.1. The number of rotatable bonds is 11. The van der Waals surface area contributed by atoms with Gasteiger partial charge in [0.25, 0.3) is 0 Å². The number of carbonyl (C=O) groups excluding carboxylic acids is 4. The Balaban J connectivity index is 1.94. The largest absolute Gasteiger partial charge is 0.444 e. The quantitative estimate of drug-likeness (QED) is 0.377. The van der Waals surface area contributed by atoms with E-state index in [0.717, 1.165) is 5.56 Å². The minimum Gasteiger partial charge on any atom is -0.444 e. The predicted octanol–water partition coefficient (Wildman–Crippen LogP) is 3.89. The summed E-state index contributed by atoms with van der Waals surface area (Å²) in [6.07, 6.45) is 2.81. The van der Waals surface area contributed by atoms with Crippen molar-refractivity contribution in [1.82, 2.24) is 20.9 Å². The highest BCUT2D eigenvalue weighted by Gasteiger charge is 2.34. The Bertz CT molecular complexity index is 958. The Morgan fingerprint density at radius 3 is 2.15 bits per heavy atom. The van der Waals surface area contributed by atoms with Crippen LogP contribution < -0.4 is 16.0 Å². The Kier molecular flexibility index (Phi) is 12.6. The number of alkyl carbamates (subject to hydrolysis) is 1. The van der Waals surface area contributed by atoms with Crippen molar-refractivity contribution in [2.24, 2.45) is 11.8 Å². The fourth-order valence-electron chi connectivity index (χ4n) is 4.46. The number of hydrogen-bond donors (Lipinski definition) is 3. The normalized spacial score (nSPS) is 16.7. The van der Waals surface area contributed by atoms with Gasteiger partial charge in [0.15, 0.2) is 0 Å². The zero-order valence-corrected chi connectivity index (χ0v) is 25.2. The van der Waals surface area contributed by atoms with Gasteiger partial charge < -0.3 is 25.6 Å². The van der Waals surface area contributed by atoms with Crippen LogP contribution in [0.25, 0.3) is 0 Å². The molecule has 39 heavy (non-hydrogen) atoms. The van der Waals surface area contributed by atoms with E-state index in [1.54, 1.807) is 37.4 Å². The molecule has 1 heterocycles. The second-order valence-corrected chi connectivity index (χ2v) is 12.4. The number of carbonyl (C=O) groups is 4. The molecular formula is C29H46N4O5S. The van der Waals surface area contributed by atoms with Crippen molar-refractivity contribution in [3.05, 3.63) is 35.9 Å². The summed E-state index contributed by atoms with van der Waals surface area (Å²) in [7, 11) is 0. The Morgan fingerprint density at radius 1 is 1.00 bits per heavy atom. The van der Waals surface area contributed by atoms with E-state index in [4.69, 9.17) is 4.74 Å². The second kappa shape index (κ2) is 15.1. The zero-order valence-electron chi connectivity index (χ0n) is 24.4.